The van der Waals surface area contributed by atoms with E-state index in [-0.39, 0.29) is 17.8 Å². The Morgan fingerprint density at radius 2 is 1.76 bits per heavy atom. The molecule has 0 bridgehead atoms. The minimum atomic E-state index is -0.611. The van der Waals surface area contributed by atoms with Gasteiger partial charge in [0.1, 0.15) is 17.2 Å². The summed E-state index contributed by atoms with van der Waals surface area (Å²) in [5, 5.41) is 27.5. The second-order valence-corrected chi connectivity index (χ2v) is 9.29. The number of phenolic OH excluding ortho intramolecular Hbond substituents is 1. The van der Waals surface area contributed by atoms with E-state index in [0.717, 1.165) is 17.5 Å². The van der Waals surface area contributed by atoms with Crippen molar-refractivity contribution in [1.29, 1.82) is 0 Å². The van der Waals surface area contributed by atoms with E-state index in [9.17, 15) is 15.0 Å². The van der Waals surface area contributed by atoms with Gasteiger partial charge in [0, 0.05) is 44.8 Å². The fourth-order valence-corrected chi connectivity index (χ4v) is 4.51. The van der Waals surface area contributed by atoms with Gasteiger partial charge in [-0.15, -0.1) is 0 Å². The number of nitrogens with two attached hydrogens (primary N) is 1. The number of ether oxygens (including phenoxy) is 3. The van der Waals surface area contributed by atoms with Crippen LogP contribution in [0.2, 0.25) is 0 Å². The molecule has 3 aromatic carbocycles. The first-order valence-corrected chi connectivity index (χ1v) is 12.7. The minimum absolute atomic E-state index is 0.185. The van der Waals surface area contributed by atoms with E-state index in [0.29, 0.717) is 55.6 Å². The normalized spacial score (nSPS) is 19.2. The number of piperidine rings is 1. The molecular weight excluding hydrogens is 486 g/mol. The van der Waals surface area contributed by atoms with Crippen LogP contribution in [0, 0.1) is 0 Å². The molecule has 1 aliphatic heterocycles. The molecule has 1 amide bonds. The number of methoxy groups -OCH3 is 1. The predicted octanol–water partition coefficient (Wildman–Crippen LogP) is 3.36. The average molecular weight is 522 g/mol. The molecule has 1 saturated heterocycles. The van der Waals surface area contributed by atoms with E-state index >= 15 is 0 Å². The lowest BCUT2D eigenvalue weighted by Crippen LogP contribution is -2.49. The first-order chi connectivity index (χ1) is 18.4. The zero-order valence-electron chi connectivity index (χ0n) is 21.4. The number of hydrogen-bond donors (Lipinski definition) is 5. The number of β-amino-alcohol motifs (C(OH)–C–C–N with tert-alkyl or cyclic N) is 1. The fourth-order valence-electron chi connectivity index (χ4n) is 4.51. The van der Waals surface area contributed by atoms with Gasteiger partial charge in [-0.2, -0.15) is 0 Å². The lowest BCUT2D eigenvalue weighted by atomic mass is 9.85. The first-order valence-electron chi connectivity index (χ1n) is 12.7. The molecule has 1 heterocycles. The number of carbonyl (C=O) groups is 1. The smallest absolute Gasteiger partial charge is 0.248 e. The number of carbonyl (C=O) groups excluding carboxylic acids is 1. The van der Waals surface area contributed by atoms with E-state index in [2.05, 4.69) is 10.6 Å². The third-order valence-corrected chi connectivity index (χ3v) is 6.52. The van der Waals surface area contributed by atoms with Crippen LogP contribution < -0.4 is 21.1 Å². The molecular formula is C29H35N3O6. The second-order valence-electron chi connectivity index (χ2n) is 9.29. The maximum Gasteiger partial charge on any atom is 0.248 e. The zero-order valence-corrected chi connectivity index (χ0v) is 21.4. The maximum atomic E-state index is 11.3. The number of amides is 1. The van der Waals surface area contributed by atoms with Crippen LogP contribution in [-0.2, 0) is 16.1 Å². The van der Waals surface area contributed by atoms with Crippen molar-refractivity contribution in [1.82, 2.24) is 5.32 Å². The number of phenols is 1. The minimum Gasteiger partial charge on any atom is -0.506 e. The van der Waals surface area contributed by atoms with Gasteiger partial charge >= 0.3 is 0 Å². The van der Waals surface area contributed by atoms with Crippen LogP contribution in [0.5, 0.6) is 17.2 Å². The molecule has 1 aliphatic rings. The Morgan fingerprint density at radius 1 is 1.05 bits per heavy atom. The molecule has 38 heavy (non-hydrogen) atoms. The van der Waals surface area contributed by atoms with Crippen molar-refractivity contribution in [2.75, 3.05) is 38.7 Å². The third kappa shape index (κ3) is 7.23. The molecule has 0 radical (unpaired) electrons. The largest absolute Gasteiger partial charge is 0.506 e. The summed E-state index contributed by atoms with van der Waals surface area (Å²) in [5.74, 6) is 0.705. The molecule has 2 unspecified atom stereocenters. The Labute approximate surface area is 222 Å². The molecule has 0 aliphatic carbocycles. The van der Waals surface area contributed by atoms with Gasteiger partial charge in [0.2, 0.25) is 5.91 Å². The lowest BCUT2D eigenvalue weighted by molar-refractivity contribution is -0.0328. The van der Waals surface area contributed by atoms with E-state index in [4.69, 9.17) is 19.9 Å². The van der Waals surface area contributed by atoms with Gasteiger partial charge in [-0.1, -0.05) is 18.2 Å². The summed E-state index contributed by atoms with van der Waals surface area (Å²) in [5.41, 5.74) is 8.23. The zero-order chi connectivity index (χ0) is 26.9. The monoisotopic (exact) mass is 521 g/mol. The highest BCUT2D eigenvalue weighted by Crippen LogP contribution is 2.32. The number of hydrogen-bond acceptors (Lipinski definition) is 8. The predicted molar refractivity (Wildman–Crippen MR) is 145 cm³/mol. The van der Waals surface area contributed by atoms with Crippen LogP contribution in [0.25, 0.3) is 0 Å². The number of nitrogens with one attached hydrogen (secondary N) is 2. The Hall–Kier alpha value is -3.63. The van der Waals surface area contributed by atoms with Gasteiger partial charge in [0.15, 0.2) is 0 Å². The number of aliphatic hydroxyl groups excluding tert-OH is 1. The molecule has 9 nitrogen and oxygen atoms in total. The van der Waals surface area contributed by atoms with E-state index in [1.165, 1.54) is 0 Å². The summed E-state index contributed by atoms with van der Waals surface area (Å²) in [6.45, 7) is 2.75. The van der Waals surface area contributed by atoms with Crippen molar-refractivity contribution < 1.29 is 29.2 Å². The van der Waals surface area contributed by atoms with E-state index in [1.54, 1.807) is 37.4 Å². The Balaban J connectivity index is 1.39. The Morgan fingerprint density at radius 3 is 2.45 bits per heavy atom. The van der Waals surface area contributed by atoms with Gasteiger partial charge in [0.05, 0.1) is 24.5 Å². The van der Waals surface area contributed by atoms with E-state index < -0.39 is 12.0 Å². The third-order valence-electron chi connectivity index (χ3n) is 6.52. The second kappa shape index (κ2) is 13.3. The first kappa shape index (κ1) is 27.4. The summed E-state index contributed by atoms with van der Waals surface area (Å²) in [4.78, 5) is 11.3. The standard InChI is InChI=1S/C29H35N3O6/c1-36-14-2-13-32-24-15-19(3-12-25(24)33)18-37-27-17-31-16-26(34)28(27)20-4-8-22(9-5-20)38-23-10-6-21(7-11-23)29(30)35/h3-12,15,26-28,31-34H,2,13-14,16-18H2,1H3,(H2,30,35)/t26?,27-,28?/m0/s1. The fraction of sp³-hybridized carbons (Fsp3) is 0.345. The van der Waals surface area contributed by atoms with Crippen molar-refractivity contribution in [3.05, 3.63) is 83.4 Å². The lowest BCUT2D eigenvalue weighted by Gasteiger charge is -2.36. The van der Waals surface area contributed by atoms with Crippen LogP contribution in [0.3, 0.4) is 0 Å². The summed E-state index contributed by atoms with van der Waals surface area (Å²) >= 11 is 0. The van der Waals surface area contributed by atoms with Crippen molar-refractivity contribution >= 4 is 11.6 Å². The highest BCUT2D eigenvalue weighted by atomic mass is 16.5. The molecule has 3 atom stereocenters. The quantitative estimate of drug-likeness (QED) is 0.181. The number of primary amides is 1. The highest BCUT2D eigenvalue weighted by Gasteiger charge is 2.34. The van der Waals surface area contributed by atoms with Crippen LogP contribution >= 0.6 is 0 Å². The van der Waals surface area contributed by atoms with Crippen molar-refractivity contribution in [3.63, 3.8) is 0 Å². The van der Waals surface area contributed by atoms with Gasteiger partial charge in [0.25, 0.3) is 0 Å². The van der Waals surface area contributed by atoms with Crippen LogP contribution in [-0.4, -0.2) is 61.7 Å². The number of rotatable bonds is 12. The van der Waals surface area contributed by atoms with Gasteiger partial charge in [-0.05, 0) is 66.1 Å². The van der Waals surface area contributed by atoms with E-state index in [1.807, 2.05) is 36.4 Å². The van der Waals surface area contributed by atoms with Crippen molar-refractivity contribution in [2.45, 2.75) is 31.2 Å². The summed E-state index contributed by atoms with van der Waals surface area (Å²) < 4.78 is 17.2. The van der Waals surface area contributed by atoms with Crippen molar-refractivity contribution in [3.8, 4) is 17.2 Å². The number of aromatic hydroxyl groups is 1. The molecule has 9 heteroatoms. The van der Waals surface area contributed by atoms with Crippen LogP contribution in [0.1, 0.15) is 33.8 Å². The van der Waals surface area contributed by atoms with Gasteiger partial charge in [-0.25, -0.2) is 0 Å². The molecule has 6 N–H and O–H groups in total. The number of aliphatic hydroxyl groups is 1. The molecule has 0 saturated carbocycles. The SMILES string of the molecule is COCCCNc1cc(CO[C@H]2CNCC(O)C2c2ccc(Oc3ccc(C(N)=O)cc3)cc2)ccc1O. The highest BCUT2D eigenvalue weighted by molar-refractivity contribution is 5.92. The topological polar surface area (TPSA) is 135 Å². The summed E-state index contributed by atoms with van der Waals surface area (Å²) in [7, 11) is 1.66. The van der Waals surface area contributed by atoms with Crippen LogP contribution in [0.4, 0.5) is 5.69 Å². The Bertz CT molecular complexity index is 1190. The number of anilines is 1. The number of benzene rings is 3. The van der Waals surface area contributed by atoms with Gasteiger partial charge < -0.3 is 40.8 Å². The summed E-state index contributed by atoms with van der Waals surface area (Å²) in [6.07, 6.45) is -0.0338. The molecule has 202 valence electrons. The average Bonchev–Trinajstić information content (AvgIpc) is 2.92. The summed E-state index contributed by atoms with van der Waals surface area (Å²) in [6, 6.07) is 19.6. The maximum absolute atomic E-state index is 11.3. The molecule has 0 aromatic heterocycles. The molecule has 1 fully saturated rings. The Kier molecular flexibility index (Phi) is 9.56. The molecule has 3 aromatic rings. The van der Waals surface area contributed by atoms with Gasteiger partial charge in [-0.3, -0.25) is 4.79 Å². The van der Waals surface area contributed by atoms with Crippen LogP contribution in [0.15, 0.2) is 66.7 Å². The molecule has 0 spiro atoms. The van der Waals surface area contributed by atoms with Crippen molar-refractivity contribution in [2.24, 2.45) is 5.73 Å². The molecule has 4 rings (SSSR count).